The van der Waals surface area contributed by atoms with E-state index in [4.69, 9.17) is 0 Å². The molecule has 138 valence electrons. The molecule has 0 fully saturated rings. The molecule has 0 aromatic carbocycles. The van der Waals surface area contributed by atoms with E-state index in [1.54, 1.807) is 12.2 Å². The quantitative estimate of drug-likeness (QED) is 0.451. The van der Waals surface area contributed by atoms with E-state index in [0.29, 0.717) is 6.29 Å². The first kappa shape index (κ1) is 19.6. The fraction of sp³-hybridized carbons (Fsp3) is 0.278. The van der Waals surface area contributed by atoms with E-state index in [9.17, 15) is 23.3 Å². The number of nitrogens with one attached hydrogen (secondary N) is 1. The van der Waals surface area contributed by atoms with Crippen molar-refractivity contribution in [3.05, 3.63) is 81.0 Å². The van der Waals surface area contributed by atoms with Crippen molar-refractivity contribution in [3.8, 4) is 0 Å². The normalized spacial score (nSPS) is 24.7. The van der Waals surface area contributed by atoms with Crippen LogP contribution in [0.25, 0.3) is 0 Å². The molecule has 1 unspecified atom stereocenters. The molecule has 0 amide bonds. The summed E-state index contributed by atoms with van der Waals surface area (Å²) in [6.45, 7) is 5.06. The number of aldehydes is 1. The average Bonchev–Trinajstić information content (AvgIpc) is 2.82. The molecule has 2 aliphatic rings. The lowest BCUT2D eigenvalue weighted by Gasteiger charge is -2.17. The largest absolute Gasteiger partial charge is 0.298 e. The minimum absolute atomic E-state index is 0.108. The van der Waals surface area contributed by atoms with Gasteiger partial charge < -0.3 is 0 Å². The van der Waals surface area contributed by atoms with Crippen molar-refractivity contribution in [1.82, 2.24) is 4.72 Å². The smallest absolute Gasteiger partial charge is 0.261 e. The van der Waals surface area contributed by atoms with Gasteiger partial charge in [-0.15, -0.1) is 0 Å². The molecule has 0 spiro atoms. The molecule has 8 heteroatoms. The van der Waals surface area contributed by atoms with Crippen LogP contribution in [0.4, 0.5) is 0 Å². The first-order valence-corrected chi connectivity index (χ1v) is 9.31. The standard InChI is InChI=1S/C18H20N2O5S/c1-17(2)9-6-8-16(14(11-17)13-21)19-26(24,25)15-7-4-5-10-18(3,12-15)20(22)23/h4-13,19H,1-3H3. The van der Waals surface area contributed by atoms with Gasteiger partial charge in [-0.3, -0.25) is 19.6 Å². The van der Waals surface area contributed by atoms with Crippen LogP contribution in [0.3, 0.4) is 0 Å². The van der Waals surface area contributed by atoms with Crippen LogP contribution in [-0.2, 0) is 14.8 Å². The lowest BCUT2D eigenvalue weighted by Crippen LogP contribution is -2.32. The molecule has 1 atom stereocenters. The van der Waals surface area contributed by atoms with Gasteiger partial charge in [0.25, 0.3) is 15.6 Å². The van der Waals surface area contributed by atoms with Crippen molar-refractivity contribution < 1.29 is 18.1 Å². The fourth-order valence-corrected chi connectivity index (χ4v) is 3.72. The molecular formula is C18H20N2O5S. The second kappa shape index (κ2) is 6.87. The summed E-state index contributed by atoms with van der Waals surface area (Å²) >= 11 is 0. The van der Waals surface area contributed by atoms with E-state index in [1.165, 1.54) is 37.3 Å². The molecule has 1 N–H and O–H groups in total. The second-order valence-corrected chi connectivity index (χ2v) is 8.51. The highest BCUT2D eigenvalue weighted by Crippen LogP contribution is 2.27. The van der Waals surface area contributed by atoms with Crippen LogP contribution >= 0.6 is 0 Å². The van der Waals surface area contributed by atoms with Gasteiger partial charge >= 0.3 is 0 Å². The number of carbonyl (C=O) groups is 1. The topological polar surface area (TPSA) is 106 Å². The number of allylic oxidation sites excluding steroid dienone is 8. The zero-order valence-corrected chi connectivity index (χ0v) is 15.5. The van der Waals surface area contributed by atoms with Crippen LogP contribution in [-0.4, -0.2) is 25.2 Å². The van der Waals surface area contributed by atoms with E-state index in [0.717, 1.165) is 6.08 Å². The lowest BCUT2D eigenvalue weighted by atomic mass is 9.91. The Morgan fingerprint density at radius 2 is 1.81 bits per heavy atom. The van der Waals surface area contributed by atoms with Crippen LogP contribution < -0.4 is 4.72 Å². The van der Waals surface area contributed by atoms with Gasteiger partial charge in [-0.05, 0) is 18.2 Å². The molecule has 2 aliphatic carbocycles. The molecule has 26 heavy (non-hydrogen) atoms. The highest BCUT2D eigenvalue weighted by atomic mass is 32.2. The predicted molar refractivity (Wildman–Crippen MR) is 99.0 cm³/mol. The third-order valence-electron chi connectivity index (χ3n) is 3.94. The molecule has 0 aromatic rings. The third-order valence-corrected chi connectivity index (χ3v) is 5.31. The van der Waals surface area contributed by atoms with E-state index >= 15 is 0 Å². The van der Waals surface area contributed by atoms with Crippen LogP contribution in [0.5, 0.6) is 0 Å². The molecule has 7 nitrogen and oxygen atoms in total. The maximum Gasteiger partial charge on any atom is 0.261 e. The van der Waals surface area contributed by atoms with Crippen molar-refractivity contribution in [2.24, 2.45) is 5.41 Å². The second-order valence-electron chi connectivity index (χ2n) is 6.83. The number of sulfonamides is 1. The van der Waals surface area contributed by atoms with E-state index in [-0.39, 0.29) is 16.2 Å². The number of rotatable bonds is 5. The van der Waals surface area contributed by atoms with Crippen molar-refractivity contribution in [1.29, 1.82) is 0 Å². The predicted octanol–water partition coefficient (Wildman–Crippen LogP) is 2.56. The Hall–Kier alpha value is -2.74. The molecule has 0 bridgehead atoms. The summed E-state index contributed by atoms with van der Waals surface area (Å²) in [7, 11) is -4.13. The van der Waals surface area contributed by atoms with Gasteiger partial charge in [0, 0.05) is 28.9 Å². The van der Waals surface area contributed by atoms with Gasteiger partial charge in [0.2, 0.25) is 0 Å². The van der Waals surface area contributed by atoms with Gasteiger partial charge in [-0.1, -0.05) is 44.2 Å². The Kier molecular flexibility index (Phi) is 5.18. The first-order valence-electron chi connectivity index (χ1n) is 7.83. The number of nitro groups is 1. The minimum atomic E-state index is -4.13. The van der Waals surface area contributed by atoms with E-state index < -0.39 is 25.9 Å². The number of hydrogen-bond acceptors (Lipinski definition) is 5. The average molecular weight is 376 g/mol. The monoisotopic (exact) mass is 376 g/mol. The Morgan fingerprint density at radius 1 is 1.12 bits per heavy atom. The number of hydrogen-bond donors (Lipinski definition) is 1. The van der Waals surface area contributed by atoms with E-state index in [1.807, 2.05) is 19.9 Å². The maximum absolute atomic E-state index is 12.8. The summed E-state index contributed by atoms with van der Waals surface area (Å²) < 4.78 is 27.9. The third kappa shape index (κ3) is 4.26. The zero-order valence-electron chi connectivity index (χ0n) is 14.7. The Bertz CT molecular complexity index is 917. The van der Waals surface area contributed by atoms with Crippen molar-refractivity contribution in [2.45, 2.75) is 26.3 Å². The van der Waals surface area contributed by atoms with Gasteiger partial charge in [0.1, 0.15) is 0 Å². The number of carbonyl (C=O) groups excluding carboxylic acids is 1. The highest BCUT2D eigenvalue weighted by molar-refractivity contribution is 7.93. The van der Waals surface area contributed by atoms with Gasteiger partial charge in [-0.2, -0.15) is 0 Å². The van der Waals surface area contributed by atoms with Gasteiger partial charge in [0.05, 0.1) is 10.6 Å². The molecule has 2 rings (SSSR count). The molecule has 0 radical (unpaired) electrons. The molecule has 0 saturated heterocycles. The maximum atomic E-state index is 12.8. The Balaban J connectivity index is 2.44. The molecule has 0 aromatic heterocycles. The summed E-state index contributed by atoms with van der Waals surface area (Å²) in [6.07, 6.45) is 13.7. The zero-order chi connectivity index (χ0) is 19.6. The van der Waals surface area contributed by atoms with E-state index in [2.05, 4.69) is 4.72 Å². The highest BCUT2D eigenvalue weighted by Gasteiger charge is 2.35. The summed E-state index contributed by atoms with van der Waals surface area (Å²) in [5.74, 6) is 0. The van der Waals surface area contributed by atoms with Crippen LogP contribution in [0.1, 0.15) is 20.8 Å². The van der Waals surface area contributed by atoms with Crippen LogP contribution in [0, 0.1) is 15.5 Å². The van der Waals surface area contributed by atoms with Crippen LogP contribution in [0.15, 0.2) is 70.9 Å². The first-order chi connectivity index (χ1) is 12.0. The SMILES string of the molecule is CC1(C)C=CC=C(NS(=O)(=O)C2=CC(C)([N+](=O)[O-])C=CC=C2)C(C=O)=C1. The molecule has 0 saturated carbocycles. The summed E-state index contributed by atoms with van der Waals surface area (Å²) in [5.41, 5.74) is -1.78. The van der Waals surface area contributed by atoms with Crippen molar-refractivity contribution in [2.75, 3.05) is 0 Å². The number of nitrogens with zero attached hydrogens (tertiary/aromatic N) is 1. The fourth-order valence-electron chi connectivity index (χ4n) is 2.48. The summed E-state index contributed by atoms with van der Waals surface area (Å²) in [5, 5.41) is 11.3. The van der Waals surface area contributed by atoms with Crippen LogP contribution in [0.2, 0.25) is 0 Å². The molecular weight excluding hydrogens is 356 g/mol. The summed E-state index contributed by atoms with van der Waals surface area (Å²) in [4.78, 5) is 21.9. The molecule has 0 aliphatic heterocycles. The minimum Gasteiger partial charge on any atom is -0.298 e. The van der Waals surface area contributed by atoms with Crippen molar-refractivity contribution in [3.63, 3.8) is 0 Å². The molecule has 0 heterocycles. The Morgan fingerprint density at radius 3 is 2.42 bits per heavy atom. The van der Waals surface area contributed by atoms with Gasteiger partial charge in [0.15, 0.2) is 6.29 Å². The lowest BCUT2D eigenvalue weighted by molar-refractivity contribution is -0.535. The van der Waals surface area contributed by atoms with Gasteiger partial charge in [-0.25, -0.2) is 8.42 Å². The summed E-state index contributed by atoms with van der Waals surface area (Å²) in [6, 6.07) is 0. The Labute approximate surface area is 152 Å². The van der Waals surface area contributed by atoms with Crippen molar-refractivity contribution >= 4 is 16.3 Å².